The molecule has 0 saturated carbocycles. The lowest BCUT2D eigenvalue weighted by molar-refractivity contribution is 0.0696. The van der Waals surface area contributed by atoms with Crippen molar-refractivity contribution < 1.29 is 9.90 Å². The van der Waals surface area contributed by atoms with Gasteiger partial charge in [-0.05, 0) is 18.2 Å². The number of hydrogen-bond acceptors (Lipinski definition) is 5. The van der Waals surface area contributed by atoms with Crippen molar-refractivity contribution in [3.63, 3.8) is 0 Å². The van der Waals surface area contributed by atoms with E-state index in [9.17, 15) is 4.79 Å². The smallest absolute Gasteiger partial charge is 0.337 e. The number of hydrogen-bond donors (Lipinski definition) is 1. The summed E-state index contributed by atoms with van der Waals surface area (Å²) in [6.45, 7) is 3.35. The second-order valence-corrected chi connectivity index (χ2v) is 4.90. The van der Waals surface area contributed by atoms with Crippen LogP contribution in [0.5, 0.6) is 0 Å². The van der Waals surface area contributed by atoms with E-state index in [-0.39, 0.29) is 5.56 Å². The fourth-order valence-corrected chi connectivity index (χ4v) is 2.45. The van der Waals surface area contributed by atoms with Crippen LogP contribution in [0.1, 0.15) is 10.4 Å². The van der Waals surface area contributed by atoms with Gasteiger partial charge in [-0.25, -0.2) is 9.78 Å². The average molecular weight is 284 g/mol. The lowest BCUT2D eigenvalue weighted by atomic mass is 10.2. The Hall–Kier alpha value is -2.63. The minimum atomic E-state index is -0.948. The Morgan fingerprint density at radius 2 is 1.86 bits per heavy atom. The molecule has 0 aromatic carbocycles. The van der Waals surface area contributed by atoms with E-state index in [0.29, 0.717) is 0 Å². The lowest BCUT2D eigenvalue weighted by Crippen LogP contribution is -2.46. The number of pyridine rings is 2. The molecule has 0 bridgehead atoms. The molecule has 108 valence electrons. The molecule has 1 aliphatic rings. The first-order chi connectivity index (χ1) is 10.2. The molecule has 0 spiro atoms. The molecule has 3 rings (SSSR count). The molecule has 0 radical (unpaired) electrons. The third-order valence-electron chi connectivity index (χ3n) is 3.59. The molecule has 1 N–H and O–H groups in total. The van der Waals surface area contributed by atoms with E-state index in [2.05, 4.69) is 19.8 Å². The largest absolute Gasteiger partial charge is 0.478 e. The van der Waals surface area contributed by atoms with Crippen LogP contribution in [-0.2, 0) is 0 Å². The number of anilines is 2. The predicted octanol–water partition coefficient (Wildman–Crippen LogP) is 1.50. The van der Waals surface area contributed by atoms with Crippen LogP contribution in [-0.4, -0.2) is 47.2 Å². The maximum absolute atomic E-state index is 11.0. The summed E-state index contributed by atoms with van der Waals surface area (Å²) in [4.78, 5) is 23.7. The number of carboxylic acids is 1. The zero-order valence-electron chi connectivity index (χ0n) is 11.5. The Balaban J connectivity index is 1.68. The molecule has 6 heteroatoms. The standard InChI is InChI=1S/C15H16N4O2/c20-15(21)12-9-13(11-16-10-12)18-5-7-19(8-6-18)14-3-1-2-4-17-14/h1-4,9-11H,5-8H2,(H,20,21). The molecule has 0 unspecified atom stereocenters. The van der Waals surface area contributed by atoms with E-state index >= 15 is 0 Å². The van der Waals surface area contributed by atoms with Crippen LogP contribution in [0, 0.1) is 0 Å². The number of rotatable bonds is 3. The Kier molecular flexibility index (Phi) is 3.68. The topological polar surface area (TPSA) is 69.6 Å². The monoisotopic (exact) mass is 284 g/mol. The Labute approximate surface area is 122 Å². The van der Waals surface area contributed by atoms with Gasteiger partial charge in [0.1, 0.15) is 5.82 Å². The molecule has 0 aliphatic carbocycles. The molecule has 6 nitrogen and oxygen atoms in total. The first-order valence-electron chi connectivity index (χ1n) is 6.83. The number of aromatic carboxylic acids is 1. The highest BCUT2D eigenvalue weighted by Crippen LogP contribution is 2.19. The quantitative estimate of drug-likeness (QED) is 0.921. The maximum atomic E-state index is 11.0. The van der Waals surface area contributed by atoms with Crippen molar-refractivity contribution in [3.05, 3.63) is 48.4 Å². The van der Waals surface area contributed by atoms with E-state index in [1.54, 1.807) is 18.5 Å². The van der Waals surface area contributed by atoms with Gasteiger partial charge in [0.05, 0.1) is 17.4 Å². The highest BCUT2D eigenvalue weighted by atomic mass is 16.4. The predicted molar refractivity (Wildman–Crippen MR) is 79.9 cm³/mol. The van der Waals surface area contributed by atoms with Gasteiger partial charge >= 0.3 is 5.97 Å². The van der Waals surface area contributed by atoms with Crippen LogP contribution in [0.25, 0.3) is 0 Å². The number of carboxylic acid groups (broad SMARTS) is 1. The normalized spacial score (nSPS) is 15.0. The van der Waals surface area contributed by atoms with E-state index in [4.69, 9.17) is 5.11 Å². The molecule has 3 heterocycles. The first-order valence-corrected chi connectivity index (χ1v) is 6.83. The Morgan fingerprint density at radius 1 is 1.10 bits per heavy atom. The van der Waals surface area contributed by atoms with E-state index in [1.165, 1.54) is 6.20 Å². The van der Waals surface area contributed by atoms with Gasteiger partial charge in [0.15, 0.2) is 0 Å². The number of carbonyl (C=O) groups is 1. The number of aromatic nitrogens is 2. The van der Waals surface area contributed by atoms with E-state index in [1.807, 2.05) is 18.2 Å². The zero-order valence-corrected chi connectivity index (χ0v) is 11.5. The lowest BCUT2D eigenvalue weighted by Gasteiger charge is -2.36. The van der Waals surface area contributed by atoms with Gasteiger partial charge < -0.3 is 14.9 Å². The summed E-state index contributed by atoms with van der Waals surface area (Å²) in [7, 11) is 0. The van der Waals surface area contributed by atoms with Crippen LogP contribution >= 0.6 is 0 Å². The maximum Gasteiger partial charge on any atom is 0.337 e. The zero-order chi connectivity index (χ0) is 14.7. The minimum Gasteiger partial charge on any atom is -0.478 e. The molecule has 2 aromatic rings. The molecular weight excluding hydrogens is 268 g/mol. The summed E-state index contributed by atoms with van der Waals surface area (Å²) < 4.78 is 0. The third kappa shape index (κ3) is 2.94. The van der Waals surface area contributed by atoms with E-state index in [0.717, 1.165) is 37.7 Å². The molecule has 0 amide bonds. The highest BCUT2D eigenvalue weighted by molar-refractivity contribution is 5.88. The fraction of sp³-hybridized carbons (Fsp3) is 0.267. The summed E-state index contributed by atoms with van der Waals surface area (Å²) in [5, 5.41) is 9.02. The van der Waals surface area contributed by atoms with Crippen LogP contribution in [0.3, 0.4) is 0 Å². The highest BCUT2D eigenvalue weighted by Gasteiger charge is 2.19. The second kappa shape index (κ2) is 5.78. The molecule has 2 aromatic heterocycles. The third-order valence-corrected chi connectivity index (χ3v) is 3.59. The Bertz CT molecular complexity index is 625. The van der Waals surface area contributed by atoms with Crippen molar-refractivity contribution in [2.45, 2.75) is 0 Å². The summed E-state index contributed by atoms with van der Waals surface area (Å²) >= 11 is 0. The average Bonchev–Trinajstić information content (AvgIpc) is 2.56. The van der Waals surface area contributed by atoms with Crippen molar-refractivity contribution in [1.82, 2.24) is 9.97 Å². The summed E-state index contributed by atoms with van der Waals surface area (Å²) in [6.07, 6.45) is 4.88. The molecule has 21 heavy (non-hydrogen) atoms. The summed E-state index contributed by atoms with van der Waals surface area (Å²) in [5.41, 5.74) is 1.08. The van der Waals surface area contributed by atoms with Crippen molar-refractivity contribution in [1.29, 1.82) is 0 Å². The van der Waals surface area contributed by atoms with Crippen LogP contribution < -0.4 is 9.80 Å². The fourth-order valence-electron chi connectivity index (χ4n) is 2.45. The molecule has 0 atom stereocenters. The van der Waals surface area contributed by atoms with Crippen LogP contribution in [0.4, 0.5) is 11.5 Å². The second-order valence-electron chi connectivity index (χ2n) is 4.90. The van der Waals surface area contributed by atoms with Gasteiger partial charge in [0.25, 0.3) is 0 Å². The van der Waals surface area contributed by atoms with Gasteiger partial charge in [-0.15, -0.1) is 0 Å². The molecular formula is C15H16N4O2. The van der Waals surface area contributed by atoms with Gasteiger partial charge in [0, 0.05) is 38.6 Å². The number of nitrogens with zero attached hydrogens (tertiary/aromatic N) is 4. The number of piperazine rings is 1. The van der Waals surface area contributed by atoms with Gasteiger partial charge in [-0.2, -0.15) is 0 Å². The molecule has 1 aliphatic heterocycles. The van der Waals surface area contributed by atoms with Crippen molar-refractivity contribution in [2.24, 2.45) is 0 Å². The van der Waals surface area contributed by atoms with Gasteiger partial charge in [0.2, 0.25) is 0 Å². The SMILES string of the molecule is O=C(O)c1cncc(N2CCN(c3ccccn3)CC2)c1. The van der Waals surface area contributed by atoms with Crippen molar-refractivity contribution >= 4 is 17.5 Å². The summed E-state index contributed by atoms with van der Waals surface area (Å²) in [5.74, 6) is 0.0334. The van der Waals surface area contributed by atoms with Gasteiger partial charge in [-0.1, -0.05) is 6.07 Å². The Morgan fingerprint density at radius 3 is 2.52 bits per heavy atom. The minimum absolute atomic E-state index is 0.222. The summed E-state index contributed by atoms with van der Waals surface area (Å²) in [6, 6.07) is 7.56. The van der Waals surface area contributed by atoms with Crippen molar-refractivity contribution in [3.8, 4) is 0 Å². The van der Waals surface area contributed by atoms with Crippen molar-refractivity contribution in [2.75, 3.05) is 36.0 Å². The van der Waals surface area contributed by atoms with Gasteiger partial charge in [-0.3, -0.25) is 4.98 Å². The first kappa shape index (κ1) is 13.4. The molecule has 1 fully saturated rings. The van der Waals surface area contributed by atoms with Crippen LogP contribution in [0.2, 0.25) is 0 Å². The van der Waals surface area contributed by atoms with Crippen LogP contribution in [0.15, 0.2) is 42.9 Å². The van der Waals surface area contributed by atoms with E-state index < -0.39 is 5.97 Å². The molecule has 1 saturated heterocycles.